The van der Waals surface area contributed by atoms with E-state index >= 15 is 0 Å². The maximum atomic E-state index is 9.28. The second kappa shape index (κ2) is 9.36. The first kappa shape index (κ1) is 21.7. The predicted molar refractivity (Wildman–Crippen MR) is 131 cm³/mol. The second-order valence-corrected chi connectivity index (χ2v) is 9.18. The zero-order valence-electron chi connectivity index (χ0n) is 19.5. The first-order valence-electron chi connectivity index (χ1n) is 11.9. The van der Waals surface area contributed by atoms with Gasteiger partial charge < -0.3 is 24.3 Å². The summed E-state index contributed by atoms with van der Waals surface area (Å²) >= 11 is 0. The standard InChI is InChI=1S/C27H32N4O2/c1-32-22-4-6-26(27(16-22)33-2)31-13-9-21(10-14-31)30-11-7-20(8-12-30)24-18-29-25-5-3-19(17-28)15-23(24)25/h3-6,15-16,18,20-21,29H,7-14H2,1-2H3. The maximum absolute atomic E-state index is 9.28. The molecule has 6 nitrogen and oxygen atoms in total. The minimum absolute atomic E-state index is 0.563. The van der Waals surface area contributed by atoms with Gasteiger partial charge in [-0.25, -0.2) is 0 Å². The molecule has 172 valence electrons. The van der Waals surface area contributed by atoms with Gasteiger partial charge in [-0.05, 0) is 80.6 Å². The zero-order chi connectivity index (χ0) is 22.8. The molecule has 5 rings (SSSR count). The minimum atomic E-state index is 0.563. The minimum Gasteiger partial charge on any atom is -0.497 e. The van der Waals surface area contributed by atoms with E-state index in [4.69, 9.17) is 9.47 Å². The van der Waals surface area contributed by atoms with Crippen molar-refractivity contribution in [3.05, 3.63) is 53.7 Å². The lowest BCUT2D eigenvalue weighted by Crippen LogP contribution is -2.47. The summed E-state index contributed by atoms with van der Waals surface area (Å²) in [4.78, 5) is 8.55. The van der Waals surface area contributed by atoms with Crippen LogP contribution in [0.4, 0.5) is 5.69 Å². The van der Waals surface area contributed by atoms with E-state index in [1.807, 2.05) is 30.3 Å². The van der Waals surface area contributed by atoms with Crippen molar-refractivity contribution in [3.8, 4) is 17.6 Å². The van der Waals surface area contributed by atoms with Crippen molar-refractivity contribution in [2.75, 3.05) is 45.3 Å². The molecular formula is C27H32N4O2. The van der Waals surface area contributed by atoms with Gasteiger partial charge in [0.2, 0.25) is 0 Å². The topological polar surface area (TPSA) is 64.5 Å². The number of benzene rings is 2. The third kappa shape index (κ3) is 4.26. The van der Waals surface area contributed by atoms with Crippen LogP contribution in [0, 0.1) is 11.3 Å². The summed E-state index contributed by atoms with van der Waals surface area (Å²) in [6.07, 6.45) is 6.87. The Labute approximate surface area is 195 Å². The average Bonchev–Trinajstić information content (AvgIpc) is 3.31. The number of fused-ring (bicyclic) bond motifs is 1. The molecule has 2 aliphatic heterocycles. The van der Waals surface area contributed by atoms with Crippen molar-refractivity contribution in [1.29, 1.82) is 5.26 Å². The Morgan fingerprint density at radius 2 is 1.73 bits per heavy atom. The molecule has 0 unspecified atom stereocenters. The van der Waals surface area contributed by atoms with Crippen LogP contribution >= 0.6 is 0 Å². The number of hydrogen-bond donors (Lipinski definition) is 1. The van der Waals surface area contributed by atoms with Crippen LogP contribution in [0.2, 0.25) is 0 Å². The highest BCUT2D eigenvalue weighted by Gasteiger charge is 2.30. The molecule has 1 N–H and O–H groups in total. The van der Waals surface area contributed by atoms with E-state index in [9.17, 15) is 5.26 Å². The number of nitrogens with zero attached hydrogens (tertiary/aromatic N) is 3. The fraction of sp³-hybridized carbons (Fsp3) is 0.444. The second-order valence-electron chi connectivity index (χ2n) is 9.18. The van der Waals surface area contributed by atoms with Crippen LogP contribution in [0.5, 0.6) is 11.5 Å². The highest BCUT2D eigenvalue weighted by Crippen LogP contribution is 2.37. The molecule has 2 aliphatic rings. The number of likely N-dealkylation sites (tertiary alicyclic amines) is 1. The monoisotopic (exact) mass is 444 g/mol. The summed E-state index contributed by atoms with van der Waals surface area (Å²) in [6, 6.07) is 15.0. The van der Waals surface area contributed by atoms with Gasteiger partial charge in [-0.1, -0.05) is 0 Å². The summed E-state index contributed by atoms with van der Waals surface area (Å²) in [7, 11) is 3.41. The molecule has 3 aromatic rings. The Balaban J connectivity index is 1.19. The fourth-order valence-electron chi connectivity index (χ4n) is 5.64. The van der Waals surface area contributed by atoms with E-state index in [1.165, 1.54) is 36.6 Å². The smallest absolute Gasteiger partial charge is 0.145 e. The number of ether oxygens (including phenoxy) is 2. The molecule has 33 heavy (non-hydrogen) atoms. The number of nitrogens with one attached hydrogen (secondary N) is 1. The van der Waals surface area contributed by atoms with Crippen molar-refractivity contribution in [1.82, 2.24) is 9.88 Å². The van der Waals surface area contributed by atoms with Crippen LogP contribution in [-0.2, 0) is 0 Å². The van der Waals surface area contributed by atoms with Crippen molar-refractivity contribution in [3.63, 3.8) is 0 Å². The zero-order valence-corrected chi connectivity index (χ0v) is 19.5. The molecule has 0 saturated carbocycles. The number of H-pyrrole nitrogens is 1. The Morgan fingerprint density at radius 1 is 0.939 bits per heavy atom. The quantitative estimate of drug-likeness (QED) is 0.606. The van der Waals surface area contributed by atoms with E-state index < -0.39 is 0 Å². The number of piperidine rings is 2. The first-order valence-corrected chi connectivity index (χ1v) is 11.9. The number of aromatic nitrogens is 1. The molecule has 0 aliphatic carbocycles. The molecule has 2 fully saturated rings. The number of rotatable bonds is 5. The SMILES string of the molecule is COc1ccc(N2CCC(N3CCC(c4c[nH]c5ccc(C#N)cc45)CC3)CC2)c(OC)c1. The van der Waals surface area contributed by atoms with Crippen LogP contribution in [0.15, 0.2) is 42.6 Å². The van der Waals surface area contributed by atoms with E-state index in [2.05, 4.69) is 33.1 Å². The lowest BCUT2D eigenvalue weighted by atomic mass is 9.87. The van der Waals surface area contributed by atoms with Gasteiger partial charge in [0.05, 0.1) is 31.5 Å². The summed E-state index contributed by atoms with van der Waals surface area (Å²) in [5, 5.41) is 10.5. The van der Waals surface area contributed by atoms with Crippen LogP contribution in [0.25, 0.3) is 10.9 Å². The van der Waals surface area contributed by atoms with Crippen LogP contribution < -0.4 is 14.4 Å². The summed E-state index contributed by atoms with van der Waals surface area (Å²) < 4.78 is 11.0. The van der Waals surface area contributed by atoms with Crippen molar-refractivity contribution in [2.24, 2.45) is 0 Å². The molecule has 0 radical (unpaired) electrons. The third-order valence-electron chi connectivity index (χ3n) is 7.52. The number of nitriles is 1. The lowest BCUT2D eigenvalue weighted by Gasteiger charge is -2.42. The van der Waals surface area contributed by atoms with Gasteiger partial charge >= 0.3 is 0 Å². The molecule has 1 aromatic heterocycles. The fourth-order valence-corrected chi connectivity index (χ4v) is 5.64. The maximum Gasteiger partial charge on any atom is 0.145 e. The number of hydrogen-bond acceptors (Lipinski definition) is 5. The lowest BCUT2D eigenvalue weighted by molar-refractivity contribution is 0.132. The van der Waals surface area contributed by atoms with E-state index in [-0.39, 0.29) is 0 Å². The Hall–Kier alpha value is -3.17. The van der Waals surface area contributed by atoms with Crippen molar-refractivity contribution >= 4 is 16.6 Å². The molecule has 0 bridgehead atoms. The average molecular weight is 445 g/mol. The predicted octanol–water partition coefficient (Wildman–Crippen LogP) is 4.91. The highest BCUT2D eigenvalue weighted by atomic mass is 16.5. The van der Waals surface area contributed by atoms with Crippen molar-refractivity contribution in [2.45, 2.75) is 37.6 Å². The van der Waals surface area contributed by atoms with Gasteiger partial charge in [0.15, 0.2) is 0 Å². The molecule has 0 spiro atoms. The van der Waals surface area contributed by atoms with Crippen LogP contribution in [0.3, 0.4) is 0 Å². The van der Waals surface area contributed by atoms with Gasteiger partial charge in [0.1, 0.15) is 11.5 Å². The van der Waals surface area contributed by atoms with Gasteiger partial charge in [-0.2, -0.15) is 5.26 Å². The largest absolute Gasteiger partial charge is 0.497 e. The number of methoxy groups -OCH3 is 2. The molecular weight excluding hydrogens is 412 g/mol. The third-order valence-corrected chi connectivity index (χ3v) is 7.52. The van der Waals surface area contributed by atoms with Crippen LogP contribution in [-0.4, -0.2) is 56.3 Å². The Morgan fingerprint density at radius 3 is 2.42 bits per heavy atom. The first-order chi connectivity index (χ1) is 16.2. The molecule has 2 saturated heterocycles. The molecule has 0 amide bonds. The number of anilines is 1. The Kier molecular flexibility index (Phi) is 6.15. The van der Waals surface area contributed by atoms with Crippen molar-refractivity contribution < 1.29 is 9.47 Å². The van der Waals surface area contributed by atoms with E-state index in [0.29, 0.717) is 12.0 Å². The molecule has 3 heterocycles. The molecule has 2 aromatic carbocycles. The highest BCUT2D eigenvalue weighted by molar-refractivity contribution is 5.85. The van der Waals surface area contributed by atoms with Gasteiger partial charge in [0, 0.05) is 42.3 Å². The van der Waals surface area contributed by atoms with Gasteiger partial charge in [-0.3, -0.25) is 0 Å². The normalized spacial score (nSPS) is 18.4. The van der Waals surface area contributed by atoms with E-state index in [0.717, 1.165) is 54.4 Å². The summed E-state index contributed by atoms with van der Waals surface area (Å²) in [5.41, 5.74) is 4.41. The summed E-state index contributed by atoms with van der Waals surface area (Å²) in [6.45, 7) is 4.39. The summed E-state index contributed by atoms with van der Waals surface area (Å²) in [5.74, 6) is 2.27. The molecule has 0 atom stereocenters. The number of aromatic amines is 1. The molecule has 6 heteroatoms. The van der Waals surface area contributed by atoms with Crippen LogP contribution in [0.1, 0.15) is 42.7 Å². The van der Waals surface area contributed by atoms with Gasteiger partial charge in [-0.15, -0.1) is 0 Å². The Bertz CT molecular complexity index is 1150. The van der Waals surface area contributed by atoms with Gasteiger partial charge in [0.25, 0.3) is 0 Å². The van der Waals surface area contributed by atoms with E-state index in [1.54, 1.807) is 14.2 Å².